The van der Waals surface area contributed by atoms with Crippen LogP contribution in [0.5, 0.6) is 5.75 Å². The van der Waals surface area contributed by atoms with E-state index in [1.807, 2.05) is 6.92 Å². The highest BCUT2D eigenvalue weighted by Crippen LogP contribution is 2.19. The molecule has 0 aliphatic carbocycles. The molecule has 118 valence electrons. The first kappa shape index (κ1) is 15.0. The highest BCUT2D eigenvalue weighted by atomic mass is 19.1. The van der Waals surface area contributed by atoms with Crippen molar-refractivity contribution < 1.29 is 9.13 Å². The van der Waals surface area contributed by atoms with Gasteiger partial charge in [0.05, 0.1) is 0 Å². The molecule has 1 aliphatic rings. The van der Waals surface area contributed by atoms with Crippen molar-refractivity contribution in [1.82, 2.24) is 19.7 Å². The quantitative estimate of drug-likeness (QED) is 0.850. The summed E-state index contributed by atoms with van der Waals surface area (Å²) < 4.78 is 20.9. The highest BCUT2D eigenvalue weighted by molar-refractivity contribution is 5.22. The van der Waals surface area contributed by atoms with Gasteiger partial charge in [-0.15, -0.1) is 10.2 Å². The predicted octanol–water partition coefficient (Wildman–Crippen LogP) is 2.27. The van der Waals surface area contributed by atoms with E-state index in [0.29, 0.717) is 0 Å². The molecule has 6 heteroatoms. The average molecular weight is 304 g/mol. The van der Waals surface area contributed by atoms with Gasteiger partial charge in [0.2, 0.25) is 0 Å². The normalized spacial score (nSPS) is 16.8. The molecule has 1 aliphatic heterocycles. The molecule has 3 rings (SSSR count). The van der Waals surface area contributed by atoms with Gasteiger partial charge in [0.15, 0.2) is 0 Å². The highest BCUT2D eigenvalue weighted by Gasteiger charge is 2.20. The van der Waals surface area contributed by atoms with Crippen LogP contribution in [0.1, 0.15) is 18.7 Å². The number of ether oxygens (including phenoxy) is 1. The Morgan fingerprint density at radius 3 is 2.55 bits per heavy atom. The van der Waals surface area contributed by atoms with Gasteiger partial charge in [-0.05, 0) is 44.0 Å². The lowest BCUT2D eigenvalue weighted by Gasteiger charge is -2.32. The molecule has 1 aromatic heterocycles. The number of nitrogens with zero attached hydrogens (tertiary/aromatic N) is 4. The van der Waals surface area contributed by atoms with Gasteiger partial charge in [-0.1, -0.05) is 0 Å². The number of halogens is 1. The van der Waals surface area contributed by atoms with E-state index in [1.54, 1.807) is 18.5 Å². The zero-order valence-electron chi connectivity index (χ0n) is 12.8. The summed E-state index contributed by atoms with van der Waals surface area (Å²) in [7, 11) is 0. The number of likely N-dealkylation sites (tertiary alicyclic amines) is 1. The van der Waals surface area contributed by atoms with Crippen LogP contribution < -0.4 is 4.74 Å². The molecule has 2 aromatic rings. The first-order valence-corrected chi connectivity index (χ1v) is 7.70. The molecule has 22 heavy (non-hydrogen) atoms. The van der Waals surface area contributed by atoms with Gasteiger partial charge in [-0.25, -0.2) is 4.39 Å². The van der Waals surface area contributed by atoms with Crippen molar-refractivity contribution in [3.8, 4) is 5.75 Å². The molecule has 0 unspecified atom stereocenters. The predicted molar refractivity (Wildman–Crippen MR) is 81.2 cm³/mol. The van der Waals surface area contributed by atoms with Crippen LogP contribution in [0.25, 0.3) is 0 Å². The second-order valence-corrected chi connectivity index (χ2v) is 5.68. The first-order valence-electron chi connectivity index (χ1n) is 7.70. The standard InChI is InChI=1S/C16H21FN4O/c1-13-19-18-12-21(13)11-10-20-8-6-16(7-9-20)22-15-4-2-14(17)3-5-15/h2-5,12,16H,6-11H2,1H3. The van der Waals surface area contributed by atoms with Crippen molar-refractivity contribution in [2.75, 3.05) is 19.6 Å². The lowest BCUT2D eigenvalue weighted by atomic mass is 10.1. The summed E-state index contributed by atoms with van der Waals surface area (Å²) in [5, 5.41) is 7.89. The second-order valence-electron chi connectivity index (χ2n) is 5.68. The van der Waals surface area contributed by atoms with E-state index in [0.717, 1.165) is 50.6 Å². The Labute approximate surface area is 129 Å². The smallest absolute Gasteiger partial charge is 0.129 e. The van der Waals surface area contributed by atoms with Gasteiger partial charge in [-0.2, -0.15) is 0 Å². The van der Waals surface area contributed by atoms with Gasteiger partial charge in [0, 0.05) is 26.2 Å². The van der Waals surface area contributed by atoms with Crippen LogP contribution in [0.4, 0.5) is 4.39 Å². The minimum absolute atomic E-state index is 0.221. The molecule has 0 spiro atoms. The Morgan fingerprint density at radius 2 is 1.91 bits per heavy atom. The lowest BCUT2D eigenvalue weighted by Crippen LogP contribution is -2.39. The molecule has 0 atom stereocenters. The molecular formula is C16H21FN4O. The third kappa shape index (κ3) is 3.82. The Kier molecular flexibility index (Phi) is 4.68. The van der Waals surface area contributed by atoms with E-state index in [4.69, 9.17) is 4.74 Å². The van der Waals surface area contributed by atoms with Crippen molar-refractivity contribution in [3.63, 3.8) is 0 Å². The molecular weight excluding hydrogens is 283 g/mol. The van der Waals surface area contributed by atoms with E-state index in [9.17, 15) is 4.39 Å². The van der Waals surface area contributed by atoms with Crippen LogP contribution in [0, 0.1) is 12.7 Å². The van der Waals surface area contributed by atoms with E-state index >= 15 is 0 Å². The number of benzene rings is 1. The fourth-order valence-corrected chi connectivity index (χ4v) is 2.74. The van der Waals surface area contributed by atoms with E-state index in [2.05, 4.69) is 19.7 Å². The summed E-state index contributed by atoms with van der Waals surface area (Å²) in [6, 6.07) is 6.25. The molecule has 1 fully saturated rings. The molecule has 2 heterocycles. The SMILES string of the molecule is Cc1nncn1CCN1CCC(Oc2ccc(F)cc2)CC1. The van der Waals surface area contributed by atoms with Gasteiger partial charge >= 0.3 is 0 Å². The molecule has 0 radical (unpaired) electrons. The molecule has 0 amide bonds. The Morgan fingerprint density at radius 1 is 1.18 bits per heavy atom. The average Bonchev–Trinajstić information content (AvgIpc) is 2.94. The van der Waals surface area contributed by atoms with Gasteiger partial charge < -0.3 is 14.2 Å². The summed E-state index contributed by atoms with van der Waals surface area (Å²) in [6.07, 6.45) is 4.00. The molecule has 1 saturated heterocycles. The topological polar surface area (TPSA) is 43.2 Å². The third-order valence-corrected chi connectivity index (χ3v) is 4.12. The number of aryl methyl sites for hydroxylation is 1. The van der Waals surface area contributed by atoms with Crippen LogP contribution in [-0.4, -0.2) is 45.4 Å². The molecule has 0 N–H and O–H groups in total. The van der Waals surface area contributed by atoms with Crippen LogP contribution in [0.15, 0.2) is 30.6 Å². The molecule has 0 saturated carbocycles. The maximum Gasteiger partial charge on any atom is 0.129 e. The van der Waals surface area contributed by atoms with Crippen LogP contribution in [-0.2, 0) is 6.54 Å². The molecule has 5 nitrogen and oxygen atoms in total. The zero-order chi connectivity index (χ0) is 15.4. The van der Waals surface area contributed by atoms with Crippen molar-refractivity contribution in [2.24, 2.45) is 0 Å². The van der Waals surface area contributed by atoms with Crippen LogP contribution in [0.2, 0.25) is 0 Å². The number of hydrogen-bond donors (Lipinski definition) is 0. The maximum absolute atomic E-state index is 12.9. The van der Waals surface area contributed by atoms with Gasteiger partial charge in [0.1, 0.15) is 29.8 Å². The summed E-state index contributed by atoms with van der Waals surface area (Å²) in [5.74, 6) is 1.47. The first-order chi connectivity index (χ1) is 10.7. The minimum atomic E-state index is -0.230. The molecule has 0 bridgehead atoms. The van der Waals surface area contributed by atoms with E-state index in [1.165, 1.54) is 12.1 Å². The van der Waals surface area contributed by atoms with Crippen LogP contribution >= 0.6 is 0 Å². The summed E-state index contributed by atoms with van der Waals surface area (Å²) in [6.45, 7) is 5.93. The summed E-state index contributed by atoms with van der Waals surface area (Å²) in [5.41, 5.74) is 0. The second kappa shape index (κ2) is 6.87. The Hall–Kier alpha value is -1.95. The molecule has 1 aromatic carbocycles. The monoisotopic (exact) mass is 304 g/mol. The lowest BCUT2D eigenvalue weighted by molar-refractivity contribution is 0.0984. The number of piperidine rings is 1. The largest absolute Gasteiger partial charge is 0.490 e. The van der Waals surface area contributed by atoms with Crippen LogP contribution in [0.3, 0.4) is 0 Å². The number of rotatable bonds is 5. The van der Waals surface area contributed by atoms with Crippen molar-refractivity contribution in [3.05, 3.63) is 42.2 Å². The fourth-order valence-electron chi connectivity index (χ4n) is 2.74. The minimum Gasteiger partial charge on any atom is -0.490 e. The van der Waals surface area contributed by atoms with E-state index in [-0.39, 0.29) is 11.9 Å². The Bertz CT molecular complexity index is 590. The third-order valence-electron chi connectivity index (χ3n) is 4.12. The van der Waals surface area contributed by atoms with Gasteiger partial charge in [-0.3, -0.25) is 0 Å². The van der Waals surface area contributed by atoms with Crippen molar-refractivity contribution >= 4 is 0 Å². The Balaban J connectivity index is 1.42. The number of hydrogen-bond acceptors (Lipinski definition) is 4. The van der Waals surface area contributed by atoms with Crippen molar-refractivity contribution in [2.45, 2.75) is 32.4 Å². The maximum atomic E-state index is 12.9. The summed E-state index contributed by atoms with van der Waals surface area (Å²) >= 11 is 0. The zero-order valence-corrected chi connectivity index (χ0v) is 12.8. The fraction of sp³-hybridized carbons (Fsp3) is 0.500. The van der Waals surface area contributed by atoms with Crippen molar-refractivity contribution in [1.29, 1.82) is 0 Å². The summed E-state index contributed by atoms with van der Waals surface area (Å²) in [4.78, 5) is 2.43. The van der Waals surface area contributed by atoms with Gasteiger partial charge in [0.25, 0.3) is 0 Å². The number of aromatic nitrogens is 3. The van der Waals surface area contributed by atoms with E-state index < -0.39 is 0 Å².